The highest BCUT2D eigenvalue weighted by atomic mass is 32.2. The molecule has 0 aliphatic rings. The molecule has 2 heterocycles. The first-order chi connectivity index (χ1) is 9.51. The first kappa shape index (κ1) is 14.0. The van der Waals surface area contributed by atoms with E-state index < -0.39 is 4.92 Å². The van der Waals surface area contributed by atoms with E-state index in [-0.39, 0.29) is 17.2 Å². The van der Waals surface area contributed by atoms with Crippen molar-refractivity contribution in [2.75, 3.05) is 6.26 Å². The highest BCUT2D eigenvalue weighted by molar-refractivity contribution is 7.98. The van der Waals surface area contributed by atoms with E-state index in [1.165, 1.54) is 36.2 Å². The van der Waals surface area contributed by atoms with Gasteiger partial charge < -0.3 is 4.42 Å². The SMILES string of the molecule is CSc1nc(C)cc(=O)n1/N=C\c1ccc([N+](=O)[O-])o1. The van der Waals surface area contributed by atoms with Gasteiger partial charge in [-0.3, -0.25) is 14.9 Å². The molecule has 0 aliphatic heterocycles. The molecule has 2 rings (SSSR count). The second kappa shape index (κ2) is 5.70. The van der Waals surface area contributed by atoms with Crippen LogP contribution in [0.2, 0.25) is 0 Å². The molecule has 0 unspecified atom stereocenters. The van der Waals surface area contributed by atoms with Crippen LogP contribution in [-0.4, -0.2) is 27.1 Å². The zero-order chi connectivity index (χ0) is 14.7. The minimum atomic E-state index is -0.649. The van der Waals surface area contributed by atoms with E-state index in [2.05, 4.69) is 10.1 Å². The summed E-state index contributed by atoms with van der Waals surface area (Å²) in [5.74, 6) is -0.206. The predicted molar refractivity (Wildman–Crippen MR) is 73.4 cm³/mol. The number of thioether (sulfide) groups is 1. The molecule has 0 N–H and O–H groups in total. The molecule has 0 radical (unpaired) electrons. The third-order valence-corrected chi connectivity index (χ3v) is 2.90. The summed E-state index contributed by atoms with van der Waals surface area (Å²) in [7, 11) is 0. The van der Waals surface area contributed by atoms with E-state index in [9.17, 15) is 14.9 Å². The minimum absolute atomic E-state index is 0.177. The lowest BCUT2D eigenvalue weighted by atomic mass is 10.4. The van der Waals surface area contributed by atoms with Crippen molar-refractivity contribution in [2.45, 2.75) is 12.1 Å². The molecule has 0 spiro atoms. The van der Waals surface area contributed by atoms with Gasteiger partial charge in [0, 0.05) is 11.8 Å². The Kier molecular flexibility index (Phi) is 3.99. The van der Waals surface area contributed by atoms with Gasteiger partial charge in [-0.2, -0.15) is 9.78 Å². The van der Waals surface area contributed by atoms with Crippen LogP contribution >= 0.6 is 11.8 Å². The molecule has 104 valence electrons. The summed E-state index contributed by atoms with van der Waals surface area (Å²) >= 11 is 1.27. The normalized spacial score (nSPS) is 11.1. The lowest BCUT2D eigenvalue weighted by Gasteiger charge is -2.03. The maximum Gasteiger partial charge on any atom is 0.433 e. The molecular weight excluding hydrogens is 284 g/mol. The first-order valence-electron chi connectivity index (χ1n) is 5.44. The van der Waals surface area contributed by atoms with Crippen molar-refractivity contribution in [3.8, 4) is 0 Å². The second-order valence-electron chi connectivity index (χ2n) is 3.71. The van der Waals surface area contributed by atoms with Gasteiger partial charge in [0.1, 0.15) is 4.92 Å². The molecule has 2 aromatic rings. The van der Waals surface area contributed by atoms with Gasteiger partial charge in [-0.05, 0) is 19.2 Å². The van der Waals surface area contributed by atoms with Gasteiger partial charge in [0.2, 0.25) is 0 Å². The molecule has 0 fully saturated rings. The Labute approximate surface area is 117 Å². The molecule has 20 heavy (non-hydrogen) atoms. The summed E-state index contributed by atoms with van der Waals surface area (Å²) < 4.78 is 6.02. The third-order valence-electron chi connectivity index (χ3n) is 2.27. The topological polar surface area (TPSA) is 104 Å². The Morgan fingerprint density at radius 1 is 1.55 bits per heavy atom. The molecule has 0 amide bonds. The standard InChI is InChI=1S/C11H10N4O4S/c1-7-5-9(16)14(11(13-7)20-2)12-6-8-3-4-10(19-8)15(17)18/h3-6H,1-2H3/b12-6-. The molecule has 2 aromatic heterocycles. The lowest BCUT2D eigenvalue weighted by Crippen LogP contribution is -2.19. The smallest absolute Gasteiger partial charge is 0.400 e. The molecule has 0 aromatic carbocycles. The van der Waals surface area contributed by atoms with Gasteiger partial charge in [0.25, 0.3) is 5.56 Å². The number of nitro groups is 1. The fourth-order valence-corrected chi connectivity index (χ4v) is 1.97. The van der Waals surface area contributed by atoms with Crippen molar-refractivity contribution in [1.29, 1.82) is 0 Å². The first-order valence-corrected chi connectivity index (χ1v) is 6.67. The average molecular weight is 294 g/mol. The van der Waals surface area contributed by atoms with Crippen LogP contribution in [-0.2, 0) is 0 Å². The molecule has 0 saturated heterocycles. The maximum atomic E-state index is 11.8. The number of hydrogen-bond acceptors (Lipinski definition) is 7. The fourth-order valence-electron chi connectivity index (χ4n) is 1.43. The molecule has 0 atom stereocenters. The number of aryl methyl sites for hydroxylation is 1. The van der Waals surface area contributed by atoms with Crippen LogP contribution in [0.15, 0.2) is 37.7 Å². The number of furan rings is 1. The maximum absolute atomic E-state index is 11.8. The van der Waals surface area contributed by atoms with E-state index >= 15 is 0 Å². The minimum Gasteiger partial charge on any atom is -0.400 e. The van der Waals surface area contributed by atoms with Gasteiger partial charge in [-0.15, -0.1) is 0 Å². The van der Waals surface area contributed by atoms with Gasteiger partial charge in [-0.1, -0.05) is 11.8 Å². The van der Waals surface area contributed by atoms with Crippen molar-refractivity contribution in [2.24, 2.45) is 5.10 Å². The third kappa shape index (κ3) is 2.94. The largest absolute Gasteiger partial charge is 0.433 e. The Hall–Kier alpha value is -2.42. The Bertz CT molecular complexity index is 734. The number of nitrogens with zero attached hydrogens (tertiary/aromatic N) is 4. The number of hydrogen-bond donors (Lipinski definition) is 0. The monoisotopic (exact) mass is 294 g/mol. The van der Waals surface area contributed by atoms with E-state index in [0.29, 0.717) is 10.9 Å². The summed E-state index contributed by atoms with van der Waals surface area (Å²) in [4.78, 5) is 25.8. The van der Waals surface area contributed by atoms with Crippen molar-refractivity contribution < 1.29 is 9.34 Å². The van der Waals surface area contributed by atoms with Crippen molar-refractivity contribution in [3.05, 3.63) is 50.1 Å². The van der Waals surface area contributed by atoms with Crippen LogP contribution in [0.25, 0.3) is 0 Å². The lowest BCUT2D eigenvalue weighted by molar-refractivity contribution is -0.402. The van der Waals surface area contributed by atoms with Gasteiger partial charge in [-0.25, -0.2) is 4.98 Å². The van der Waals surface area contributed by atoms with Gasteiger partial charge >= 0.3 is 5.88 Å². The highest BCUT2D eigenvalue weighted by Gasteiger charge is 2.11. The Morgan fingerprint density at radius 2 is 2.30 bits per heavy atom. The predicted octanol–water partition coefficient (Wildman–Crippen LogP) is 1.66. The van der Waals surface area contributed by atoms with E-state index in [1.807, 2.05) is 0 Å². The van der Waals surface area contributed by atoms with Gasteiger partial charge in [0.15, 0.2) is 10.9 Å². The summed E-state index contributed by atoms with van der Waals surface area (Å²) in [6.07, 6.45) is 3.00. The molecule has 0 bridgehead atoms. The van der Waals surface area contributed by atoms with Crippen LogP contribution in [0.4, 0.5) is 5.88 Å². The summed E-state index contributed by atoms with van der Waals surface area (Å²) in [6.45, 7) is 1.71. The summed E-state index contributed by atoms with van der Waals surface area (Å²) in [5.41, 5.74) is 0.263. The van der Waals surface area contributed by atoms with E-state index in [4.69, 9.17) is 4.42 Å². The Balaban J connectivity index is 2.35. The zero-order valence-electron chi connectivity index (χ0n) is 10.6. The highest BCUT2D eigenvalue weighted by Crippen LogP contribution is 2.14. The zero-order valence-corrected chi connectivity index (χ0v) is 11.5. The molecular formula is C11H10N4O4S. The summed E-state index contributed by atoms with van der Waals surface area (Å²) in [5, 5.41) is 14.8. The Morgan fingerprint density at radius 3 is 2.90 bits per heavy atom. The molecule has 8 nitrogen and oxygen atoms in total. The van der Waals surface area contributed by atoms with Crippen LogP contribution < -0.4 is 5.56 Å². The van der Waals surface area contributed by atoms with Crippen molar-refractivity contribution >= 4 is 23.9 Å². The molecule has 0 aliphatic carbocycles. The van der Waals surface area contributed by atoms with Crippen LogP contribution in [0.3, 0.4) is 0 Å². The second-order valence-corrected chi connectivity index (χ2v) is 4.49. The summed E-state index contributed by atoms with van der Waals surface area (Å²) in [6, 6.07) is 3.96. The van der Waals surface area contributed by atoms with Crippen LogP contribution in [0.5, 0.6) is 0 Å². The quantitative estimate of drug-likeness (QED) is 0.279. The van der Waals surface area contributed by atoms with Crippen LogP contribution in [0.1, 0.15) is 11.5 Å². The number of rotatable bonds is 4. The van der Waals surface area contributed by atoms with Crippen molar-refractivity contribution in [1.82, 2.24) is 9.66 Å². The number of aromatic nitrogens is 2. The van der Waals surface area contributed by atoms with E-state index in [1.54, 1.807) is 13.2 Å². The fraction of sp³-hybridized carbons (Fsp3) is 0.182. The van der Waals surface area contributed by atoms with Gasteiger partial charge in [0.05, 0.1) is 12.3 Å². The van der Waals surface area contributed by atoms with Crippen LogP contribution in [0, 0.1) is 17.0 Å². The molecule has 9 heteroatoms. The van der Waals surface area contributed by atoms with E-state index in [0.717, 1.165) is 4.68 Å². The van der Waals surface area contributed by atoms with Crippen molar-refractivity contribution in [3.63, 3.8) is 0 Å². The average Bonchev–Trinajstić information content (AvgIpc) is 2.85. The molecule has 0 saturated carbocycles.